The molecule has 0 aliphatic carbocycles. The van der Waals surface area contributed by atoms with Crippen molar-refractivity contribution in [2.75, 3.05) is 19.6 Å². The van der Waals surface area contributed by atoms with Gasteiger partial charge in [-0.1, -0.05) is 13.0 Å². The molecule has 0 saturated carbocycles. The van der Waals surface area contributed by atoms with Gasteiger partial charge < -0.3 is 15.1 Å². The van der Waals surface area contributed by atoms with E-state index in [1.807, 2.05) is 12.1 Å². The number of rotatable bonds is 7. The van der Waals surface area contributed by atoms with Gasteiger partial charge in [-0.15, -0.1) is 11.3 Å². The van der Waals surface area contributed by atoms with E-state index in [1.165, 1.54) is 4.88 Å². The van der Waals surface area contributed by atoms with Gasteiger partial charge in [0.05, 0.1) is 12.8 Å². The van der Waals surface area contributed by atoms with Gasteiger partial charge in [0, 0.05) is 43.0 Å². The molecule has 3 heterocycles. The topological polar surface area (TPSA) is 52.8 Å². The smallest absolute Gasteiger partial charge is 0.191 e. The molecule has 2 atom stereocenters. The van der Waals surface area contributed by atoms with Crippen molar-refractivity contribution in [2.24, 2.45) is 10.9 Å². The molecule has 2 aromatic heterocycles. The van der Waals surface area contributed by atoms with E-state index in [1.54, 1.807) is 17.6 Å². The second-order valence-corrected chi connectivity index (χ2v) is 8.31. The van der Waals surface area contributed by atoms with Crippen molar-refractivity contribution in [3.63, 3.8) is 0 Å². The third-order valence-corrected chi connectivity index (χ3v) is 5.77. The van der Waals surface area contributed by atoms with Gasteiger partial charge in [-0.05, 0) is 43.3 Å². The Kier molecular flexibility index (Phi) is 6.74. The van der Waals surface area contributed by atoms with Crippen LogP contribution >= 0.6 is 11.3 Å². The van der Waals surface area contributed by atoms with Crippen molar-refractivity contribution in [1.82, 2.24) is 15.5 Å². The zero-order valence-electron chi connectivity index (χ0n) is 15.9. The van der Waals surface area contributed by atoms with Crippen LogP contribution in [0.2, 0.25) is 0 Å². The van der Waals surface area contributed by atoms with Gasteiger partial charge in [0.1, 0.15) is 5.76 Å². The summed E-state index contributed by atoms with van der Waals surface area (Å²) in [5.74, 6) is 2.50. The monoisotopic (exact) mass is 374 g/mol. The maximum Gasteiger partial charge on any atom is 0.191 e. The average Bonchev–Trinajstić information content (AvgIpc) is 3.35. The van der Waals surface area contributed by atoms with E-state index in [0.717, 1.165) is 37.8 Å². The Bertz CT molecular complexity index is 666. The van der Waals surface area contributed by atoms with Crippen LogP contribution in [-0.2, 0) is 13.0 Å². The number of guanidine groups is 1. The molecule has 0 spiro atoms. The van der Waals surface area contributed by atoms with Crippen molar-refractivity contribution < 1.29 is 4.42 Å². The number of likely N-dealkylation sites (tertiary alicyclic amines) is 1. The standard InChI is InChI=1S/C20H30N4OS/c1-15(2)24-13-16(3)19(14-24)23-20(22-12-18-7-5-11-26-18)21-9-8-17-6-4-10-25-17/h4-7,10-11,15-16,19H,8-9,12-14H2,1-3H3,(H2,21,22,23). The highest BCUT2D eigenvalue weighted by atomic mass is 32.1. The van der Waals surface area contributed by atoms with Gasteiger partial charge >= 0.3 is 0 Å². The molecule has 1 aliphatic heterocycles. The minimum Gasteiger partial charge on any atom is -0.469 e. The Morgan fingerprint density at radius 1 is 1.35 bits per heavy atom. The highest BCUT2D eigenvalue weighted by Crippen LogP contribution is 2.18. The van der Waals surface area contributed by atoms with Crippen LogP contribution < -0.4 is 10.6 Å². The molecule has 2 N–H and O–H groups in total. The normalized spacial score (nSPS) is 21.5. The fraction of sp³-hybridized carbons (Fsp3) is 0.550. The molecule has 26 heavy (non-hydrogen) atoms. The number of aliphatic imine (C=N–C) groups is 1. The van der Waals surface area contributed by atoms with Crippen LogP contribution in [0.15, 0.2) is 45.3 Å². The number of thiophene rings is 1. The molecule has 1 saturated heterocycles. The summed E-state index contributed by atoms with van der Waals surface area (Å²) in [6, 6.07) is 9.16. The lowest BCUT2D eigenvalue weighted by molar-refractivity contribution is 0.265. The number of hydrogen-bond donors (Lipinski definition) is 2. The summed E-state index contributed by atoms with van der Waals surface area (Å²) in [5, 5.41) is 9.24. The molecule has 142 valence electrons. The predicted octanol–water partition coefficient (Wildman–Crippen LogP) is 3.35. The van der Waals surface area contributed by atoms with Crippen LogP contribution in [0.3, 0.4) is 0 Å². The first kappa shape index (κ1) is 19.0. The highest BCUT2D eigenvalue weighted by Gasteiger charge is 2.31. The van der Waals surface area contributed by atoms with Gasteiger partial charge in [0.2, 0.25) is 0 Å². The summed E-state index contributed by atoms with van der Waals surface area (Å²) in [6.07, 6.45) is 2.57. The molecular weight excluding hydrogens is 344 g/mol. The summed E-state index contributed by atoms with van der Waals surface area (Å²) in [6.45, 7) is 10.6. The summed E-state index contributed by atoms with van der Waals surface area (Å²) in [5.41, 5.74) is 0. The Morgan fingerprint density at radius 3 is 2.88 bits per heavy atom. The average molecular weight is 375 g/mol. The van der Waals surface area contributed by atoms with E-state index in [2.05, 4.69) is 53.8 Å². The van der Waals surface area contributed by atoms with Crippen LogP contribution in [0.4, 0.5) is 0 Å². The van der Waals surface area contributed by atoms with Gasteiger partial charge in [-0.2, -0.15) is 0 Å². The van der Waals surface area contributed by atoms with Crippen molar-refractivity contribution in [2.45, 2.75) is 45.8 Å². The van der Waals surface area contributed by atoms with Crippen molar-refractivity contribution in [1.29, 1.82) is 0 Å². The largest absolute Gasteiger partial charge is 0.469 e. The van der Waals surface area contributed by atoms with Crippen molar-refractivity contribution in [3.8, 4) is 0 Å². The Hall–Kier alpha value is -1.79. The zero-order valence-corrected chi connectivity index (χ0v) is 16.8. The number of nitrogens with zero attached hydrogens (tertiary/aromatic N) is 2. The van der Waals surface area contributed by atoms with Crippen molar-refractivity contribution >= 4 is 17.3 Å². The molecule has 5 nitrogen and oxygen atoms in total. The van der Waals surface area contributed by atoms with Gasteiger partial charge in [-0.3, -0.25) is 4.90 Å². The zero-order chi connectivity index (χ0) is 18.4. The summed E-state index contributed by atoms with van der Waals surface area (Å²) in [4.78, 5) is 8.62. The van der Waals surface area contributed by atoms with E-state index in [0.29, 0.717) is 24.5 Å². The molecule has 3 rings (SSSR count). The molecule has 2 unspecified atom stereocenters. The molecular formula is C20H30N4OS. The summed E-state index contributed by atoms with van der Waals surface area (Å²) >= 11 is 1.75. The van der Waals surface area contributed by atoms with Gasteiger partial charge in [0.25, 0.3) is 0 Å². The van der Waals surface area contributed by atoms with Crippen LogP contribution in [0.5, 0.6) is 0 Å². The molecule has 0 radical (unpaired) electrons. The minimum absolute atomic E-state index is 0.426. The second kappa shape index (κ2) is 9.24. The van der Waals surface area contributed by atoms with Gasteiger partial charge in [-0.25, -0.2) is 4.99 Å². The molecule has 1 aliphatic rings. The summed E-state index contributed by atoms with van der Waals surface area (Å²) in [7, 11) is 0. The fourth-order valence-corrected chi connectivity index (χ4v) is 3.89. The molecule has 6 heteroatoms. The van der Waals surface area contributed by atoms with Crippen LogP contribution in [-0.4, -0.2) is 42.6 Å². The minimum atomic E-state index is 0.426. The van der Waals surface area contributed by atoms with E-state index in [4.69, 9.17) is 9.41 Å². The first-order valence-corrected chi connectivity index (χ1v) is 10.3. The number of hydrogen-bond acceptors (Lipinski definition) is 4. The van der Waals surface area contributed by atoms with Crippen LogP contribution in [0.25, 0.3) is 0 Å². The number of nitrogens with one attached hydrogen (secondary N) is 2. The number of furan rings is 1. The highest BCUT2D eigenvalue weighted by molar-refractivity contribution is 7.09. The first-order chi connectivity index (χ1) is 12.6. The fourth-order valence-electron chi connectivity index (χ4n) is 3.26. The third kappa shape index (κ3) is 5.35. The van der Waals surface area contributed by atoms with Gasteiger partial charge in [0.15, 0.2) is 5.96 Å². The summed E-state index contributed by atoms with van der Waals surface area (Å²) < 4.78 is 5.42. The Balaban J connectivity index is 1.59. The maximum atomic E-state index is 5.42. The van der Waals surface area contributed by atoms with Crippen LogP contribution in [0.1, 0.15) is 31.4 Å². The first-order valence-electron chi connectivity index (χ1n) is 9.45. The lowest BCUT2D eigenvalue weighted by Gasteiger charge is -2.22. The molecule has 0 amide bonds. The van der Waals surface area contributed by atoms with Crippen molar-refractivity contribution in [3.05, 3.63) is 46.5 Å². The Morgan fingerprint density at radius 2 is 2.23 bits per heavy atom. The van der Waals surface area contributed by atoms with E-state index < -0.39 is 0 Å². The lowest BCUT2D eigenvalue weighted by atomic mass is 10.1. The SMILES string of the molecule is CC1CN(C(C)C)CC1NC(=NCc1cccs1)NCCc1ccco1. The maximum absolute atomic E-state index is 5.42. The molecule has 0 bridgehead atoms. The molecule has 2 aromatic rings. The predicted molar refractivity (Wildman–Crippen MR) is 109 cm³/mol. The molecule has 1 fully saturated rings. The quantitative estimate of drug-likeness (QED) is 0.576. The third-order valence-electron chi connectivity index (χ3n) is 4.91. The second-order valence-electron chi connectivity index (χ2n) is 7.28. The van der Waals surface area contributed by atoms with E-state index >= 15 is 0 Å². The van der Waals surface area contributed by atoms with E-state index in [9.17, 15) is 0 Å². The lowest BCUT2D eigenvalue weighted by Crippen LogP contribution is -2.47. The Labute approximate surface area is 160 Å². The van der Waals surface area contributed by atoms with Crippen LogP contribution in [0, 0.1) is 5.92 Å². The van der Waals surface area contributed by atoms with E-state index in [-0.39, 0.29) is 0 Å². The molecule has 0 aromatic carbocycles.